The first kappa shape index (κ1) is 19.7. The fourth-order valence-electron chi connectivity index (χ4n) is 3.52. The van der Waals surface area contributed by atoms with Gasteiger partial charge in [-0.3, -0.25) is 9.59 Å². The highest BCUT2D eigenvalue weighted by atomic mass is 16.5. The number of nitrogens with one attached hydrogen (secondary N) is 2. The molecule has 0 saturated carbocycles. The lowest BCUT2D eigenvalue weighted by Crippen LogP contribution is -2.28. The fourth-order valence-corrected chi connectivity index (χ4v) is 3.52. The van der Waals surface area contributed by atoms with Crippen molar-refractivity contribution in [2.45, 2.75) is 6.42 Å². The number of carbonyl (C=O) groups is 2. The number of fused-ring (bicyclic) bond motifs is 3. The van der Waals surface area contributed by atoms with Gasteiger partial charge in [0.05, 0.1) is 30.5 Å². The van der Waals surface area contributed by atoms with Gasteiger partial charge in [0.1, 0.15) is 5.58 Å². The number of rotatable bonds is 7. The molecule has 2 N–H and O–H groups in total. The molecule has 0 saturated heterocycles. The van der Waals surface area contributed by atoms with Crippen LogP contribution in [-0.4, -0.2) is 32.1 Å². The number of amides is 2. The molecule has 6 nitrogen and oxygen atoms in total. The third kappa shape index (κ3) is 4.04. The fraction of sp³-hybridized carbons (Fsp3) is 0.167. The van der Waals surface area contributed by atoms with E-state index in [1.165, 1.54) is 0 Å². The first-order valence-corrected chi connectivity index (χ1v) is 9.71. The SMILES string of the molecule is COCCNC(=O)c1ccccc1NC(=O)Cc1coc2ccc3ccccc3c12. The Bertz CT molecular complexity index is 1210. The van der Waals surface area contributed by atoms with E-state index in [2.05, 4.69) is 10.6 Å². The monoisotopic (exact) mass is 402 g/mol. The van der Waals surface area contributed by atoms with Gasteiger partial charge in [-0.15, -0.1) is 0 Å². The number of carbonyl (C=O) groups excluding carboxylic acids is 2. The van der Waals surface area contributed by atoms with Gasteiger partial charge in [-0.05, 0) is 29.0 Å². The lowest BCUT2D eigenvalue weighted by molar-refractivity contribution is -0.115. The number of furan rings is 1. The van der Waals surface area contributed by atoms with E-state index >= 15 is 0 Å². The summed E-state index contributed by atoms with van der Waals surface area (Å²) >= 11 is 0. The maximum atomic E-state index is 12.8. The van der Waals surface area contributed by atoms with Crippen molar-refractivity contribution >= 4 is 39.2 Å². The van der Waals surface area contributed by atoms with Crippen LogP contribution in [0, 0.1) is 0 Å². The summed E-state index contributed by atoms with van der Waals surface area (Å²) < 4.78 is 10.6. The quantitative estimate of drug-likeness (QED) is 0.455. The zero-order valence-corrected chi connectivity index (χ0v) is 16.6. The third-order valence-corrected chi connectivity index (χ3v) is 4.93. The number of ether oxygens (including phenoxy) is 1. The Balaban J connectivity index is 1.55. The van der Waals surface area contributed by atoms with E-state index < -0.39 is 0 Å². The van der Waals surface area contributed by atoms with Crippen molar-refractivity contribution in [3.63, 3.8) is 0 Å². The van der Waals surface area contributed by atoms with Crippen LogP contribution in [0.1, 0.15) is 15.9 Å². The molecular formula is C24H22N2O4. The molecule has 0 aliphatic carbocycles. The average Bonchev–Trinajstić information content (AvgIpc) is 3.17. The van der Waals surface area contributed by atoms with Gasteiger partial charge in [0, 0.05) is 24.6 Å². The zero-order valence-electron chi connectivity index (χ0n) is 16.6. The Morgan fingerprint density at radius 1 is 1.00 bits per heavy atom. The highest BCUT2D eigenvalue weighted by Crippen LogP contribution is 2.30. The van der Waals surface area contributed by atoms with E-state index in [9.17, 15) is 9.59 Å². The molecule has 2 amide bonds. The largest absolute Gasteiger partial charge is 0.464 e. The summed E-state index contributed by atoms with van der Waals surface area (Å²) in [7, 11) is 1.57. The van der Waals surface area contributed by atoms with Gasteiger partial charge in [-0.2, -0.15) is 0 Å². The molecule has 3 aromatic carbocycles. The van der Waals surface area contributed by atoms with E-state index in [4.69, 9.17) is 9.15 Å². The Morgan fingerprint density at radius 3 is 2.67 bits per heavy atom. The molecule has 152 valence electrons. The van der Waals surface area contributed by atoms with Crippen LogP contribution < -0.4 is 10.6 Å². The highest BCUT2D eigenvalue weighted by Gasteiger charge is 2.16. The molecule has 4 rings (SSSR count). The molecule has 0 fully saturated rings. The summed E-state index contributed by atoms with van der Waals surface area (Å²) in [6.07, 6.45) is 1.76. The van der Waals surface area contributed by atoms with Gasteiger partial charge in [-0.25, -0.2) is 0 Å². The molecule has 0 spiro atoms. The number of benzene rings is 3. The first-order chi connectivity index (χ1) is 14.7. The standard InChI is InChI=1S/C24H22N2O4/c1-29-13-12-25-24(28)19-8-4-5-9-20(19)26-22(27)14-17-15-30-21-11-10-16-6-2-3-7-18(16)23(17)21/h2-11,15H,12-14H2,1H3,(H,25,28)(H,26,27). The Labute approximate surface area is 173 Å². The zero-order chi connectivity index (χ0) is 20.9. The molecule has 0 aliphatic rings. The van der Waals surface area contributed by atoms with Crippen molar-refractivity contribution in [3.8, 4) is 0 Å². The molecule has 4 aromatic rings. The van der Waals surface area contributed by atoms with Crippen molar-refractivity contribution < 1.29 is 18.7 Å². The molecular weight excluding hydrogens is 380 g/mol. The molecule has 0 atom stereocenters. The first-order valence-electron chi connectivity index (χ1n) is 9.71. The Kier molecular flexibility index (Phi) is 5.77. The second-order valence-corrected chi connectivity index (χ2v) is 6.94. The van der Waals surface area contributed by atoms with Crippen LogP contribution in [0.4, 0.5) is 5.69 Å². The van der Waals surface area contributed by atoms with Gasteiger partial charge in [0.15, 0.2) is 0 Å². The number of hydrogen-bond donors (Lipinski definition) is 2. The summed E-state index contributed by atoms with van der Waals surface area (Å²) in [5.74, 6) is -0.481. The van der Waals surface area contributed by atoms with E-state index in [-0.39, 0.29) is 18.2 Å². The molecule has 0 radical (unpaired) electrons. The lowest BCUT2D eigenvalue weighted by atomic mass is 10.0. The van der Waals surface area contributed by atoms with E-state index in [1.807, 2.05) is 36.4 Å². The smallest absolute Gasteiger partial charge is 0.253 e. The van der Waals surface area contributed by atoms with Crippen molar-refractivity contribution in [3.05, 3.63) is 78.1 Å². The minimum atomic E-state index is -0.261. The maximum Gasteiger partial charge on any atom is 0.253 e. The van der Waals surface area contributed by atoms with Crippen molar-refractivity contribution in [2.75, 3.05) is 25.6 Å². The number of para-hydroxylation sites is 1. The van der Waals surface area contributed by atoms with Gasteiger partial charge in [0.2, 0.25) is 5.91 Å². The molecule has 1 heterocycles. The van der Waals surface area contributed by atoms with Gasteiger partial charge in [0.25, 0.3) is 5.91 Å². The summed E-state index contributed by atoms with van der Waals surface area (Å²) in [5, 5.41) is 8.71. The van der Waals surface area contributed by atoms with Crippen LogP contribution in [0.3, 0.4) is 0 Å². The second kappa shape index (κ2) is 8.80. The van der Waals surface area contributed by atoms with Gasteiger partial charge in [-0.1, -0.05) is 42.5 Å². The van der Waals surface area contributed by atoms with Gasteiger partial charge < -0.3 is 19.8 Å². The number of anilines is 1. The predicted octanol–water partition coefficient (Wildman–Crippen LogP) is 4.14. The number of methoxy groups -OCH3 is 1. The van der Waals surface area contributed by atoms with Crippen LogP contribution in [0.25, 0.3) is 21.7 Å². The van der Waals surface area contributed by atoms with E-state index in [1.54, 1.807) is 37.6 Å². The normalized spacial score (nSPS) is 11.0. The van der Waals surface area contributed by atoms with E-state index in [0.29, 0.717) is 24.4 Å². The third-order valence-electron chi connectivity index (χ3n) is 4.93. The Hall–Kier alpha value is -3.64. The van der Waals surface area contributed by atoms with Crippen LogP contribution in [-0.2, 0) is 16.0 Å². The lowest BCUT2D eigenvalue weighted by Gasteiger charge is -2.11. The van der Waals surface area contributed by atoms with Crippen molar-refractivity contribution in [2.24, 2.45) is 0 Å². The Morgan fingerprint density at radius 2 is 1.80 bits per heavy atom. The maximum absolute atomic E-state index is 12.8. The minimum Gasteiger partial charge on any atom is -0.464 e. The summed E-state index contributed by atoms with van der Waals surface area (Å²) in [5.41, 5.74) is 2.43. The summed E-state index contributed by atoms with van der Waals surface area (Å²) in [6.45, 7) is 0.813. The molecule has 6 heteroatoms. The minimum absolute atomic E-state index is 0.140. The van der Waals surface area contributed by atoms with Crippen LogP contribution in [0.5, 0.6) is 0 Å². The molecule has 0 aliphatic heterocycles. The van der Waals surface area contributed by atoms with Crippen molar-refractivity contribution in [1.29, 1.82) is 0 Å². The second-order valence-electron chi connectivity index (χ2n) is 6.94. The van der Waals surface area contributed by atoms with Crippen LogP contribution >= 0.6 is 0 Å². The molecule has 0 unspecified atom stereocenters. The van der Waals surface area contributed by atoms with Gasteiger partial charge >= 0.3 is 0 Å². The van der Waals surface area contributed by atoms with Crippen molar-refractivity contribution in [1.82, 2.24) is 5.32 Å². The summed E-state index contributed by atoms with van der Waals surface area (Å²) in [6, 6.07) is 18.9. The van der Waals surface area contributed by atoms with E-state index in [0.717, 1.165) is 27.3 Å². The summed E-state index contributed by atoms with van der Waals surface area (Å²) in [4.78, 5) is 25.2. The average molecular weight is 402 g/mol. The molecule has 30 heavy (non-hydrogen) atoms. The van der Waals surface area contributed by atoms with Crippen LogP contribution in [0.2, 0.25) is 0 Å². The molecule has 0 bridgehead atoms. The topological polar surface area (TPSA) is 80.6 Å². The molecule has 1 aromatic heterocycles. The highest BCUT2D eigenvalue weighted by molar-refractivity contribution is 6.09. The predicted molar refractivity (Wildman–Crippen MR) is 117 cm³/mol. The number of hydrogen-bond acceptors (Lipinski definition) is 4. The van der Waals surface area contributed by atoms with Crippen LogP contribution in [0.15, 0.2) is 71.3 Å².